The number of aliphatic hydroxyl groups is 1. The molecule has 0 radical (unpaired) electrons. The van der Waals surface area contributed by atoms with E-state index in [1.807, 2.05) is 0 Å². The van der Waals surface area contributed by atoms with Crippen molar-refractivity contribution < 1.29 is 27.5 Å². The molecule has 3 heterocycles. The predicted molar refractivity (Wildman–Crippen MR) is 99.1 cm³/mol. The van der Waals surface area contributed by atoms with E-state index < -0.39 is 28.9 Å². The number of hydrogen-bond acceptors (Lipinski definition) is 5. The van der Waals surface area contributed by atoms with Crippen LogP contribution in [0.3, 0.4) is 0 Å². The van der Waals surface area contributed by atoms with Gasteiger partial charge in [0, 0.05) is 11.1 Å². The average Bonchev–Trinajstić information content (AvgIpc) is 3.19. The topological polar surface area (TPSA) is 93.2 Å². The van der Waals surface area contributed by atoms with Gasteiger partial charge in [-0.1, -0.05) is 0 Å². The number of carbonyl (C=O) groups is 1. The smallest absolute Gasteiger partial charge is 0.433 e. The second kappa shape index (κ2) is 6.87. The molecule has 3 aromatic heterocycles. The number of nitrogens with zero attached hydrogens (tertiary/aromatic N) is 3. The van der Waals surface area contributed by atoms with Gasteiger partial charge in [-0.2, -0.15) is 13.2 Å². The Bertz CT molecular complexity index is 1030. The molecule has 0 saturated heterocycles. The van der Waals surface area contributed by atoms with Gasteiger partial charge in [0.15, 0.2) is 5.65 Å². The third-order valence-electron chi connectivity index (χ3n) is 4.36. The molecule has 2 N–H and O–H groups in total. The lowest BCUT2D eigenvalue weighted by Crippen LogP contribution is -2.31. The van der Waals surface area contributed by atoms with Gasteiger partial charge in [0.25, 0.3) is 0 Å². The number of imidazole rings is 1. The van der Waals surface area contributed by atoms with Gasteiger partial charge in [-0.15, -0.1) is 0 Å². The van der Waals surface area contributed by atoms with Crippen LogP contribution >= 0.6 is 0 Å². The number of nitrogens with one attached hydrogen (secondary N) is 1. The van der Waals surface area contributed by atoms with Gasteiger partial charge in [0.1, 0.15) is 11.2 Å². The van der Waals surface area contributed by atoms with Crippen LogP contribution in [-0.4, -0.2) is 25.5 Å². The Morgan fingerprint density at radius 1 is 1.17 bits per heavy atom. The molecule has 3 aromatic rings. The van der Waals surface area contributed by atoms with Crippen molar-refractivity contribution in [3.63, 3.8) is 0 Å². The Hall–Kier alpha value is -2.88. The number of fused-ring (bicyclic) bond motifs is 1. The molecule has 156 valence electrons. The summed E-state index contributed by atoms with van der Waals surface area (Å²) < 4.78 is 45.6. The molecule has 0 unspecified atom stereocenters. The van der Waals surface area contributed by atoms with Gasteiger partial charge >= 0.3 is 6.18 Å². The van der Waals surface area contributed by atoms with Crippen LogP contribution in [0.15, 0.2) is 35.1 Å². The Kier molecular flexibility index (Phi) is 4.94. The number of furan rings is 1. The van der Waals surface area contributed by atoms with Crippen molar-refractivity contribution >= 4 is 23.0 Å². The Labute approximate surface area is 164 Å². The molecule has 0 fully saturated rings. The number of carbonyl (C=O) groups excluding carboxylic acids is 1. The summed E-state index contributed by atoms with van der Waals surface area (Å²) in [6.45, 7) is 6.73. The maximum absolute atomic E-state index is 13.1. The maximum Gasteiger partial charge on any atom is 0.433 e. The number of aromatic nitrogens is 3. The molecule has 1 amide bonds. The lowest BCUT2D eigenvalue weighted by molar-refractivity contribution is -0.141. The summed E-state index contributed by atoms with van der Waals surface area (Å²) in [7, 11) is 0. The van der Waals surface area contributed by atoms with Crippen molar-refractivity contribution in [2.24, 2.45) is 0 Å². The van der Waals surface area contributed by atoms with E-state index in [-0.39, 0.29) is 23.5 Å². The fourth-order valence-corrected chi connectivity index (χ4v) is 2.99. The SMILES string of the molecule is CC(C)(C)n1c(NC(=O)C[C@](C)(O)c2ccoc2)nc2ccc(C(F)(F)F)nc21. The van der Waals surface area contributed by atoms with E-state index in [1.165, 1.54) is 30.1 Å². The highest BCUT2D eigenvalue weighted by Crippen LogP contribution is 2.32. The van der Waals surface area contributed by atoms with Crippen LogP contribution in [0.4, 0.5) is 19.1 Å². The zero-order valence-electron chi connectivity index (χ0n) is 16.3. The van der Waals surface area contributed by atoms with Crippen LogP contribution in [0, 0.1) is 0 Å². The lowest BCUT2D eigenvalue weighted by Gasteiger charge is -2.25. The lowest BCUT2D eigenvalue weighted by atomic mass is 9.95. The summed E-state index contributed by atoms with van der Waals surface area (Å²) >= 11 is 0. The molecular formula is C19H21F3N4O3. The number of rotatable bonds is 4. The summed E-state index contributed by atoms with van der Waals surface area (Å²) in [6, 6.07) is 3.60. The molecule has 0 saturated carbocycles. The first-order valence-corrected chi connectivity index (χ1v) is 8.81. The van der Waals surface area contributed by atoms with E-state index in [9.17, 15) is 23.1 Å². The van der Waals surface area contributed by atoms with E-state index in [2.05, 4.69) is 15.3 Å². The highest BCUT2D eigenvalue weighted by Gasteiger charge is 2.34. The zero-order valence-corrected chi connectivity index (χ0v) is 16.3. The molecule has 0 aliphatic carbocycles. The first-order chi connectivity index (χ1) is 13.3. The van der Waals surface area contributed by atoms with Crippen molar-refractivity contribution in [2.45, 2.75) is 51.4 Å². The van der Waals surface area contributed by atoms with Crippen molar-refractivity contribution in [1.29, 1.82) is 0 Å². The first kappa shape index (κ1) is 20.8. The number of pyridine rings is 1. The minimum absolute atomic E-state index is 0.00391. The third-order valence-corrected chi connectivity index (χ3v) is 4.36. The molecule has 29 heavy (non-hydrogen) atoms. The molecule has 1 atom stereocenters. The van der Waals surface area contributed by atoms with E-state index in [0.717, 1.165) is 6.07 Å². The van der Waals surface area contributed by atoms with Crippen LogP contribution in [0.5, 0.6) is 0 Å². The van der Waals surface area contributed by atoms with Crippen LogP contribution in [0.1, 0.15) is 45.4 Å². The van der Waals surface area contributed by atoms with Crippen molar-refractivity contribution in [1.82, 2.24) is 14.5 Å². The molecule has 0 aliphatic rings. The Morgan fingerprint density at radius 3 is 2.41 bits per heavy atom. The summed E-state index contributed by atoms with van der Waals surface area (Å²) in [5.74, 6) is -0.514. The fraction of sp³-hybridized carbons (Fsp3) is 0.421. The van der Waals surface area contributed by atoms with Crippen LogP contribution in [0.2, 0.25) is 0 Å². The van der Waals surface area contributed by atoms with Crippen LogP contribution < -0.4 is 5.32 Å². The van der Waals surface area contributed by atoms with Gasteiger partial charge in [-0.3, -0.25) is 14.7 Å². The average molecular weight is 410 g/mol. The highest BCUT2D eigenvalue weighted by atomic mass is 19.4. The van der Waals surface area contributed by atoms with Gasteiger partial charge in [0.05, 0.1) is 24.5 Å². The number of hydrogen-bond donors (Lipinski definition) is 2. The molecular weight excluding hydrogens is 389 g/mol. The molecule has 0 spiro atoms. The number of halogens is 3. The van der Waals surface area contributed by atoms with E-state index >= 15 is 0 Å². The first-order valence-electron chi connectivity index (χ1n) is 8.81. The Balaban J connectivity index is 1.97. The normalized spacial score (nSPS) is 14.8. The van der Waals surface area contributed by atoms with Gasteiger partial charge in [-0.25, -0.2) is 9.97 Å². The molecule has 7 nitrogen and oxygen atoms in total. The second-order valence-electron chi connectivity index (χ2n) is 7.99. The highest BCUT2D eigenvalue weighted by molar-refractivity contribution is 5.91. The van der Waals surface area contributed by atoms with Crippen molar-refractivity contribution in [2.75, 3.05) is 5.32 Å². The zero-order chi connectivity index (χ0) is 21.6. The van der Waals surface area contributed by atoms with Gasteiger partial charge in [0.2, 0.25) is 11.9 Å². The second-order valence-corrected chi connectivity index (χ2v) is 7.99. The number of alkyl halides is 3. The summed E-state index contributed by atoms with van der Waals surface area (Å²) in [6.07, 6.45) is -2.19. The van der Waals surface area contributed by atoms with Gasteiger partial charge in [-0.05, 0) is 45.9 Å². The molecule has 0 bridgehead atoms. The van der Waals surface area contributed by atoms with Crippen LogP contribution in [-0.2, 0) is 22.1 Å². The number of amides is 1. The van der Waals surface area contributed by atoms with E-state index in [0.29, 0.717) is 5.56 Å². The maximum atomic E-state index is 13.1. The summed E-state index contributed by atoms with van der Waals surface area (Å²) in [4.78, 5) is 20.5. The van der Waals surface area contributed by atoms with Crippen LogP contribution in [0.25, 0.3) is 11.2 Å². The fourth-order valence-electron chi connectivity index (χ4n) is 2.99. The summed E-state index contributed by atoms with van der Waals surface area (Å²) in [5.41, 5.74) is -2.61. The molecule has 0 aromatic carbocycles. The minimum atomic E-state index is -4.60. The predicted octanol–water partition coefficient (Wildman–Crippen LogP) is 4.03. The summed E-state index contributed by atoms with van der Waals surface area (Å²) in [5, 5.41) is 13.1. The quantitative estimate of drug-likeness (QED) is 0.677. The van der Waals surface area contributed by atoms with Gasteiger partial charge < -0.3 is 9.52 Å². The molecule has 10 heteroatoms. The molecule has 3 rings (SSSR count). The van der Waals surface area contributed by atoms with E-state index in [1.54, 1.807) is 26.8 Å². The van der Waals surface area contributed by atoms with Crippen molar-refractivity contribution in [3.8, 4) is 0 Å². The van der Waals surface area contributed by atoms with E-state index in [4.69, 9.17) is 4.42 Å². The minimum Gasteiger partial charge on any atom is -0.472 e. The standard InChI is InChI=1S/C19H21F3N4O3/c1-17(2,3)26-15-12(5-6-13(24-15)19(20,21)22)23-16(26)25-14(27)9-18(4,28)11-7-8-29-10-11/h5-8,10,28H,9H2,1-4H3,(H,23,25,27)/t18-/m0/s1. The number of anilines is 1. The Morgan fingerprint density at radius 2 is 1.86 bits per heavy atom. The monoisotopic (exact) mass is 410 g/mol. The molecule has 0 aliphatic heterocycles. The largest absolute Gasteiger partial charge is 0.472 e. The van der Waals surface area contributed by atoms with Crippen molar-refractivity contribution in [3.05, 3.63) is 42.0 Å². The third kappa shape index (κ3) is 4.26.